The molecule has 98 valence electrons. The van der Waals surface area contributed by atoms with Crippen molar-refractivity contribution in [3.05, 3.63) is 23.9 Å². The van der Waals surface area contributed by atoms with Gasteiger partial charge in [-0.3, -0.25) is 0 Å². The Bertz CT molecular complexity index is 562. The third-order valence-corrected chi connectivity index (χ3v) is 4.26. The molecule has 2 rings (SSSR count). The first kappa shape index (κ1) is 12.9. The number of sulfonamides is 1. The van der Waals surface area contributed by atoms with Gasteiger partial charge in [0.2, 0.25) is 0 Å². The number of aliphatic hydroxyl groups excluding tert-OH is 1. The van der Waals surface area contributed by atoms with E-state index in [1.165, 1.54) is 6.07 Å². The van der Waals surface area contributed by atoms with E-state index < -0.39 is 21.5 Å². The molecule has 1 fully saturated rings. The molecule has 0 aromatic carbocycles. The molecule has 0 aliphatic heterocycles. The van der Waals surface area contributed by atoms with Crippen LogP contribution < -0.4 is 4.72 Å². The predicted molar refractivity (Wildman–Crippen MR) is 60.6 cm³/mol. The topological polar surface area (TPSA) is 117 Å². The van der Waals surface area contributed by atoms with Crippen molar-refractivity contribution in [2.24, 2.45) is 0 Å². The first-order valence-corrected chi connectivity index (χ1v) is 6.71. The average Bonchev–Trinajstić information content (AvgIpc) is 3.09. The molecule has 1 heterocycles. The van der Waals surface area contributed by atoms with Crippen molar-refractivity contribution in [1.82, 2.24) is 9.71 Å². The first-order chi connectivity index (χ1) is 8.38. The molecule has 0 unspecified atom stereocenters. The lowest BCUT2D eigenvalue weighted by atomic mass is 10.3. The summed E-state index contributed by atoms with van der Waals surface area (Å²) in [4.78, 5) is 14.2. The summed E-state index contributed by atoms with van der Waals surface area (Å²) in [5.41, 5.74) is -0.858. The Hall–Kier alpha value is -1.51. The third-order valence-electron chi connectivity index (χ3n) is 2.77. The van der Waals surface area contributed by atoms with E-state index in [1.54, 1.807) is 0 Å². The predicted octanol–water partition coefficient (Wildman–Crippen LogP) is -0.417. The van der Waals surface area contributed by atoms with Crippen molar-refractivity contribution < 1.29 is 23.4 Å². The van der Waals surface area contributed by atoms with Crippen LogP contribution in [0.15, 0.2) is 23.4 Å². The number of hydrogen-bond donors (Lipinski definition) is 3. The van der Waals surface area contributed by atoms with Gasteiger partial charge < -0.3 is 10.2 Å². The Balaban J connectivity index is 2.22. The van der Waals surface area contributed by atoms with Gasteiger partial charge in [-0.15, -0.1) is 0 Å². The minimum Gasteiger partial charge on any atom is -0.478 e. The number of carbonyl (C=O) groups is 1. The van der Waals surface area contributed by atoms with Crippen molar-refractivity contribution in [3.8, 4) is 0 Å². The van der Waals surface area contributed by atoms with Crippen LogP contribution in [0.3, 0.4) is 0 Å². The Morgan fingerprint density at radius 1 is 1.44 bits per heavy atom. The van der Waals surface area contributed by atoms with E-state index in [1.807, 2.05) is 0 Å². The van der Waals surface area contributed by atoms with E-state index in [0.29, 0.717) is 12.8 Å². The van der Waals surface area contributed by atoms with Gasteiger partial charge in [0.1, 0.15) is 0 Å². The van der Waals surface area contributed by atoms with Gasteiger partial charge in [0.05, 0.1) is 17.7 Å². The van der Waals surface area contributed by atoms with Crippen LogP contribution >= 0.6 is 0 Å². The number of pyridine rings is 1. The van der Waals surface area contributed by atoms with E-state index in [9.17, 15) is 13.2 Å². The summed E-state index contributed by atoms with van der Waals surface area (Å²) < 4.78 is 26.2. The Morgan fingerprint density at radius 3 is 2.50 bits per heavy atom. The summed E-state index contributed by atoms with van der Waals surface area (Å²) in [5, 5.41) is 17.5. The molecule has 0 saturated heterocycles. The standard InChI is InChI=1S/C10H12N2O5S/c13-6-10(3-4-10)12-18(16,17)8-2-1-7(5-11-8)9(14)15/h1-2,5,12-13H,3-4,6H2,(H,14,15). The van der Waals surface area contributed by atoms with Crippen LogP contribution in [0, 0.1) is 0 Å². The molecule has 1 aromatic heterocycles. The summed E-state index contributed by atoms with van der Waals surface area (Å²) in [6.45, 7) is -0.264. The highest BCUT2D eigenvalue weighted by atomic mass is 32.2. The van der Waals surface area contributed by atoms with Crippen LogP contribution in [0.1, 0.15) is 23.2 Å². The molecular weight excluding hydrogens is 260 g/mol. The van der Waals surface area contributed by atoms with Gasteiger partial charge >= 0.3 is 5.97 Å². The van der Waals surface area contributed by atoms with E-state index in [-0.39, 0.29) is 17.2 Å². The zero-order valence-corrected chi connectivity index (χ0v) is 10.1. The number of carboxylic acid groups (broad SMARTS) is 1. The van der Waals surface area contributed by atoms with Crippen LogP contribution in [-0.4, -0.2) is 41.7 Å². The minimum absolute atomic E-state index is 0.0859. The molecule has 0 radical (unpaired) electrons. The molecule has 0 atom stereocenters. The summed E-state index contributed by atoms with van der Waals surface area (Å²) in [6.07, 6.45) is 2.14. The molecule has 1 aromatic rings. The molecule has 1 aliphatic carbocycles. The summed E-state index contributed by atoms with van der Waals surface area (Å²) in [7, 11) is -3.82. The van der Waals surface area contributed by atoms with Crippen molar-refractivity contribution >= 4 is 16.0 Å². The van der Waals surface area contributed by atoms with Crippen molar-refractivity contribution in [2.75, 3.05) is 6.61 Å². The number of nitrogens with zero attached hydrogens (tertiary/aromatic N) is 1. The Labute approximate surface area is 104 Å². The van der Waals surface area contributed by atoms with Crippen molar-refractivity contribution in [2.45, 2.75) is 23.4 Å². The van der Waals surface area contributed by atoms with Gasteiger partial charge in [0.25, 0.3) is 10.0 Å². The zero-order valence-electron chi connectivity index (χ0n) is 9.33. The zero-order chi connectivity index (χ0) is 13.4. The lowest BCUT2D eigenvalue weighted by Gasteiger charge is -2.13. The summed E-state index contributed by atoms with van der Waals surface area (Å²) >= 11 is 0. The second kappa shape index (κ2) is 4.30. The summed E-state index contributed by atoms with van der Waals surface area (Å²) in [6, 6.07) is 2.29. The molecule has 8 heteroatoms. The van der Waals surface area contributed by atoms with Gasteiger partial charge in [-0.05, 0) is 25.0 Å². The molecule has 1 saturated carbocycles. The second-order valence-electron chi connectivity index (χ2n) is 4.23. The monoisotopic (exact) mass is 272 g/mol. The molecular formula is C10H12N2O5S. The number of aliphatic hydroxyl groups is 1. The molecule has 18 heavy (non-hydrogen) atoms. The Morgan fingerprint density at radius 2 is 2.11 bits per heavy atom. The number of hydrogen-bond acceptors (Lipinski definition) is 5. The van der Waals surface area contributed by atoms with Crippen LogP contribution in [0.4, 0.5) is 0 Å². The largest absolute Gasteiger partial charge is 0.478 e. The van der Waals surface area contributed by atoms with Crippen LogP contribution in [0.25, 0.3) is 0 Å². The number of aromatic nitrogens is 1. The normalized spacial score (nSPS) is 17.4. The quantitative estimate of drug-likeness (QED) is 0.670. The van der Waals surface area contributed by atoms with Gasteiger partial charge in [0, 0.05) is 6.20 Å². The lowest BCUT2D eigenvalue weighted by Crippen LogP contribution is -2.39. The smallest absolute Gasteiger partial charge is 0.337 e. The first-order valence-electron chi connectivity index (χ1n) is 5.23. The van der Waals surface area contributed by atoms with Crippen LogP contribution in [0.5, 0.6) is 0 Å². The lowest BCUT2D eigenvalue weighted by molar-refractivity contribution is 0.0696. The van der Waals surface area contributed by atoms with Gasteiger partial charge in [0.15, 0.2) is 5.03 Å². The minimum atomic E-state index is -3.82. The third kappa shape index (κ3) is 2.50. The van der Waals surface area contributed by atoms with Gasteiger partial charge in [-0.2, -0.15) is 0 Å². The van der Waals surface area contributed by atoms with E-state index in [0.717, 1.165) is 12.3 Å². The fourth-order valence-corrected chi connectivity index (χ4v) is 2.83. The summed E-state index contributed by atoms with van der Waals surface area (Å²) in [5.74, 6) is -1.17. The van der Waals surface area contributed by atoms with Crippen LogP contribution in [0.2, 0.25) is 0 Å². The maximum absolute atomic E-state index is 11.9. The van der Waals surface area contributed by atoms with Gasteiger partial charge in [-0.1, -0.05) is 0 Å². The molecule has 3 N–H and O–H groups in total. The molecule has 1 aliphatic rings. The second-order valence-corrected chi connectivity index (χ2v) is 5.86. The Kier molecular flexibility index (Phi) is 3.09. The molecule has 7 nitrogen and oxygen atoms in total. The molecule has 0 bridgehead atoms. The van der Waals surface area contributed by atoms with Gasteiger partial charge in [-0.25, -0.2) is 22.9 Å². The molecule has 0 spiro atoms. The number of nitrogens with one attached hydrogen (secondary N) is 1. The number of carboxylic acids is 1. The maximum atomic E-state index is 11.9. The van der Waals surface area contributed by atoms with E-state index in [2.05, 4.69) is 9.71 Å². The van der Waals surface area contributed by atoms with Crippen LogP contribution in [-0.2, 0) is 10.0 Å². The van der Waals surface area contributed by atoms with E-state index >= 15 is 0 Å². The highest BCUT2D eigenvalue weighted by Gasteiger charge is 2.45. The van der Waals surface area contributed by atoms with Crippen molar-refractivity contribution in [1.29, 1.82) is 0 Å². The SMILES string of the molecule is O=C(O)c1ccc(S(=O)(=O)NC2(CO)CC2)nc1. The number of aromatic carboxylic acids is 1. The highest BCUT2D eigenvalue weighted by Crippen LogP contribution is 2.35. The fourth-order valence-electron chi connectivity index (χ4n) is 1.45. The average molecular weight is 272 g/mol. The van der Waals surface area contributed by atoms with Crippen molar-refractivity contribution in [3.63, 3.8) is 0 Å². The fraction of sp³-hybridized carbons (Fsp3) is 0.400. The maximum Gasteiger partial charge on any atom is 0.337 e. The number of rotatable bonds is 5. The highest BCUT2D eigenvalue weighted by molar-refractivity contribution is 7.89. The van der Waals surface area contributed by atoms with E-state index in [4.69, 9.17) is 10.2 Å². The molecule has 0 amide bonds.